The van der Waals surface area contributed by atoms with E-state index < -0.39 is 0 Å². The molecule has 0 spiro atoms. The van der Waals surface area contributed by atoms with E-state index >= 15 is 0 Å². The summed E-state index contributed by atoms with van der Waals surface area (Å²) in [5.74, 6) is 1.24. The average Bonchev–Trinajstić information content (AvgIpc) is 2.38. The lowest BCUT2D eigenvalue weighted by Crippen LogP contribution is -2.27. The number of hydrogen-bond acceptors (Lipinski definition) is 4. The summed E-state index contributed by atoms with van der Waals surface area (Å²) < 4.78 is 0. The fourth-order valence-electron chi connectivity index (χ4n) is 2.11. The number of nitrogens with zero attached hydrogens (tertiary/aromatic N) is 2. The summed E-state index contributed by atoms with van der Waals surface area (Å²) in [6.45, 7) is 6.41. The van der Waals surface area contributed by atoms with E-state index in [-0.39, 0.29) is 12.6 Å². The molecule has 19 heavy (non-hydrogen) atoms. The Bertz CT molecular complexity index is 554. The smallest absolute Gasteiger partial charge is 0.148 e. The molecule has 2 rings (SSSR count). The molecule has 1 aromatic carbocycles. The van der Waals surface area contributed by atoms with Crippen LogP contribution in [0.3, 0.4) is 0 Å². The van der Waals surface area contributed by atoms with Crippen LogP contribution >= 0.6 is 0 Å². The Morgan fingerprint density at radius 2 is 1.79 bits per heavy atom. The van der Waals surface area contributed by atoms with Crippen LogP contribution in [-0.4, -0.2) is 27.7 Å². The second-order valence-corrected chi connectivity index (χ2v) is 5.15. The molecule has 0 fully saturated rings. The second-order valence-electron chi connectivity index (χ2n) is 5.15. The zero-order valence-electron chi connectivity index (χ0n) is 11.7. The lowest BCUT2D eigenvalue weighted by atomic mass is 10.0. The zero-order valence-corrected chi connectivity index (χ0v) is 11.7. The molecule has 4 heteroatoms. The van der Waals surface area contributed by atoms with E-state index in [1.165, 1.54) is 0 Å². The van der Waals surface area contributed by atoms with Gasteiger partial charge in [0.1, 0.15) is 5.82 Å². The van der Waals surface area contributed by atoms with Crippen molar-refractivity contribution in [2.45, 2.75) is 33.2 Å². The first-order chi connectivity index (χ1) is 9.11. The van der Waals surface area contributed by atoms with Crippen molar-refractivity contribution in [1.82, 2.24) is 9.97 Å². The highest BCUT2D eigenvalue weighted by atomic mass is 16.3. The quantitative estimate of drug-likeness (QED) is 0.867. The van der Waals surface area contributed by atoms with Crippen LogP contribution in [0.15, 0.2) is 24.3 Å². The van der Waals surface area contributed by atoms with Crippen molar-refractivity contribution in [3.8, 4) is 0 Å². The van der Waals surface area contributed by atoms with Crippen molar-refractivity contribution in [3.05, 3.63) is 30.0 Å². The molecule has 0 bridgehead atoms. The van der Waals surface area contributed by atoms with Crippen LogP contribution in [0.4, 0.5) is 5.82 Å². The van der Waals surface area contributed by atoms with Gasteiger partial charge in [-0.25, -0.2) is 9.97 Å². The number of aryl methyl sites for hydroxylation is 1. The topological polar surface area (TPSA) is 58.0 Å². The molecule has 1 aromatic heterocycles. The van der Waals surface area contributed by atoms with E-state index in [1.54, 1.807) is 0 Å². The fourth-order valence-corrected chi connectivity index (χ4v) is 2.11. The van der Waals surface area contributed by atoms with Crippen molar-refractivity contribution < 1.29 is 5.11 Å². The molecule has 2 N–H and O–H groups in total. The lowest BCUT2D eigenvalue weighted by Gasteiger charge is -2.23. The van der Waals surface area contributed by atoms with Crippen LogP contribution in [-0.2, 0) is 0 Å². The van der Waals surface area contributed by atoms with Crippen molar-refractivity contribution in [2.75, 3.05) is 11.9 Å². The Morgan fingerprint density at radius 1 is 1.16 bits per heavy atom. The third kappa shape index (κ3) is 3.20. The van der Waals surface area contributed by atoms with Gasteiger partial charge >= 0.3 is 0 Å². The summed E-state index contributed by atoms with van der Waals surface area (Å²) >= 11 is 0. The third-order valence-corrected chi connectivity index (χ3v) is 3.31. The largest absolute Gasteiger partial charge is 0.396 e. The Kier molecular flexibility index (Phi) is 4.32. The molecule has 0 amide bonds. The van der Waals surface area contributed by atoms with Crippen molar-refractivity contribution in [2.24, 2.45) is 5.92 Å². The van der Waals surface area contributed by atoms with Gasteiger partial charge in [0.2, 0.25) is 0 Å². The number of aliphatic hydroxyl groups excluding tert-OH is 1. The van der Waals surface area contributed by atoms with E-state index in [4.69, 9.17) is 5.11 Å². The number of para-hydroxylation sites is 2. The maximum atomic E-state index is 9.13. The monoisotopic (exact) mass is 259 g/mol. The molecule has 2 aromatic rings. The molecular formula is C15H21N3O. The molecule has 1 atom stereocenters. The zero-order chi connectivity index (χ0) is 13.8. The van der Waals surface area contributed by atoms with Crippen LogP contribution < -0.4 is 5.32 Å². The number of fused-ring (bicyclic) bond motifs is 1. The minimum absolute atomic E-state index is 0.176. The first kappa shape index (κ1) is 13.7. The molecule has 0 aliphatic heterocycles. The Labute approximate surface area is 113 Å². The number of aliphatic hydroxyl groups is 1. The molecule has 4 nitrogen and oxygen atoms in total. The first-order valence-electron chi connectivity index (χ1n) is 6.72. The molecule has 102 valence electrons. The minimum Gasteiger partial charge on any atom is -0.396 e. The molecule has 0 saturated heterocycles. The number of hydrogen-bond donors (Lipinski definition) is 2. The lowest BCUT2D eigenvalue weighted by molar-refractivity contribution is 0.267. The average molecular weight is 259 g/mol. The first-order valence-corrected chi connectivity index (χ1v) is 6.72. The summed E-state index contributed by atoms with van der Waals surface area (Å²) in [7, 11) is 0. The van der Waals surface area contributed by atoms with Crippen molar-refractivity contribution >= 4 is 16.9 Å². The van der Waals surface area contributed by atoms with Crippen LogP contribution in [0, 0.1) is 12.8 Å². The van der Waals surface area contributed by atoms with Gasteiger partial charge < -0.3 is 10.4 Å². The van der Waals surface area contributed by atoms with Gasteiger partial charge in [-0.1, -0.05) is 26.0 Å². The molecule has 0 radical (unpaired) electrons. The standard InChI is InChI=1S/C15H21N3O/c1-10(2)12(8-9-19)17-15-11(3)16-13-6-4-5-7-14(13)18-15/h4-7,10,12,19H,8-9H2,1-3H3,(H,17,18). The molecule has 0 saturated carbocycles. The van der Waals surface area contributed by atoms with E-state index in [0.29, 0.717) is 12.3 Å². The van der Waals surface area contributed by atoms with Gasteiger partial charge in [-0.3, -0.25) is 0 Å². The van der Waals surface area contributed by atoms with Crippen molar-refractivity contribution in [3.63, 3.8) is 0 Å². The number of nitrogens with one attached hydrogen (secondary N) is 1. The molecule has 0 aliphatic rings. The summed E-state index contributed by atoms with van der Waals surface area (Å²) in [6.07, 6.45) is 0.714. The van der Waals surface area contributed by atoms with Crippen molar-refractivity contribution in [1.29, 1.82) is 0 Å². The van der Waals surface area contributed by atoms with Gasteiger partial charge in [0.15, 0.2) is 0 Å². The Balaban J connectivity index is 2.31. The van der Waals surface area contributed by atoms with Gasteiger partial charge in [0, 0.05) is 12.6 Å². The number of benzene rings is 1. The maximum absolute atomic E-state index is 9.13. The van der Waals surface area contributed by atoms with E-state index in [1.807, 2.05) is 31.2 Å². The summed E-state index contributed by atoms with van der Waals surface area (Å²) in [6, 6.07) is 8.06. The molecular weight excluding hydrogens is 238 g/mol. The van der Waals surface area contributed by atoms with Gasteiger partial charge in [0.05, 0.1) is 16.7 Å². The molecule has 0 aliphatic carbocycles. The summed E-state index contributed by atoms with van der Waals surface area (Å²) in [5.41, 5.74) is 2.69. The Morgan fingerprint density at radius 3 is 2.37 bits per heavy atom. The number of aromatic nitrogens is 2. The SMILES string of the molecule is Cc1nc2ccccc2nc1NC(CCO)C(C)C. The highest BCUT2D eigenvalue weighted by Crippen LogP contribution is 2.19. The van der Waals surface area contributed by atoms with Gasteiger partial charge in [-0.2, -0.15) is 0 Å². The highest BCUT2D eigenvalue weighted by Gasteiger charge is 2.15. The fraction of sp³-hybridized carbons (Fsp3) is 0.467. The van der Waals surface area contributed by atoms with E-state index in [9.17, 15) is 0 Å². The van der Waals surface area contributed by atoms with E-state index in [2.05, 4.69) is 29.1 Å². The van der Waals surface area contributed by atoms with E-state index in [0.717, 1.165) is 22.5 Å². The molecule has 1 heterocycles. The third-order valence-electron chi connectivity index (χ3n) is 3.31. The number of anilines is 1. The second kappa shape index (κ2) is 5.97. The van der Waals surface area contributed by atoms with Gasteiger partial charge in [0.25, 0.3) is 0 Å². The van der Waals surface area contributed by atoms with Crippen LogP contribution in [0.2, 0.25) is 0 Å². The van der Waals surface area contributed by atoms with Crippen LogP contribution in [0.25, 0.3) is 11.0 Å². The van der Waals surface area contributed by atoms with Gasteiger partial charge in [-0.05, 0) is 31.4 Å². The maximum Gasteiger partial charge on any atom is 0.148 e. The minimum atomic E-state index is 0.176. The number of rotatable bonds is 5. The predicted molar refractivity (Wildman–Crippen MR) is 78.2 cm³/mol. The highest BCUT2D eigenvalue weighted by molar-refractivity contribution is 5.76. The van der Waals surface area contributed by atoms with Gasteiger partial charge in [-0.15, -0.1) is 0 Å². The predicted octanol–water partition coefficient (Wildman–Crippen LogP) is 2.76. The van der Waals surface area contributed by atoms with Crippen LogP contribution in [0.5, 0.6) is 0 Å². The summed E-state index contributed by atoms with van der Waals surface area (Å²) in [4.78, 5) is 9.18. The van der Waals surface area contributed by atoms with Crippen LogP contribution in [0.1, 0.15) is 26.0 Å². The molecule has 1 unspecified atom stereocenters. The summed E-state index contributed by atoms with van der Waals surface area (Å²) in [5, 5.41) is 12.5. The normalized spacial score (nSPS) is 12.9. The Hall–Kier alpha value is -1.68.